The minimum Gasteiger partial charge on any atom is -0.165 e. The van der Waals surface area contributed by atoms with Crippen LogP contribution < -0.4 is 0 Å². The van der Waals surface area contributed by atoms with Crippen molar-refractivity contribution >= 4 is 11.8 Å². The summed E-state index contributed by atoms with van der Waals surface area (Å²) < 4.78 is 0. The zero-order valence-electron chi connectivity index (χ0n) is 11.1. The first-order chi connectivity index (χ1) is 6.93. The van der Waals surface area contributed by atoms with Crippen LogP contribution in [0.3, 0.4) is 0 Å². The van der Waals surface area contributed by atoms with Gasteiger partial charge in [0.05, 0.1) is 0 Å². The Morgan fingerprint density at radius 1 is 1.33 bits per heavy atom. The Labute approximate surface area is 100 Å². The summed E-state index contributed by atoms with van der Waals surface area (Å²) in [5.74, 6) is 1.84. The Bertz CT molecular complexity index is 218. The minimum atomic E-state index is 0.352. The summed E-state index contributed by atoms with van der Waals surface area (Å²) in [6, 6.07) is 0. The van der Waals surface area contributed by atoms with Gasteiger partial charge in [-0.25, -0.2) is 0 Å². The first-order valence-corrected chi connectivity index (χ1v) is 7.14. The highest BCUT2D eigenvalue weighted by Gasteiger charge is 2.21. The van der Waals surface area contributed by atoms with Gasteiger partial charge in [0.25, 0.3) is 0 Å². The van der Waals surface area contributed by atoms with Gasteiger partial charge in [-0.1, -0.05) is 45.9 Å². The Kier molecular flexibility index (Phi) is 7.08. The highest BCUT2D eigenvalue weighted by Crippen LogP contribution is 2.32. The molecule has 0 radical (unpaired) electrons. The maximum Gasteiger partial charge on any atom is -0.00355 e. The average Bonchev–Trinajstić information content (AvgIpc) is 2.14. The van der Waals surface area contributed by atoms with E-state index in [4.69, 9.17) is 0 Å². The predicted molar refractivity (Wildman–Crippen MR) is 74.5 cm³/mol. The van der Waals surface area contributed by atoms with Crippen LogP contribution in [0.4, 0.5) is 0 Å². The standard InChI is InChI=1S/C14H26S/c1-7-9-13(10-8-11-15-6)12(2)14(3,4)5/h7,9-10,12H,8,11H2,1-6H3/b9-7-,13-10+. The van der Waals surface area contributed by atoms with Crippen molar-refractivity contribution in [2.75, 3.05) is 12.0 Å². The fraction of sp³-hybridized carbons (Fsp3) is 0.714. The van der Waals surface area contributed by atoms with Crippen LogP contribution >= 0.6 is 11.8 Å². The molecule has 0 bridgehead atoms. The Morgan fingerprint density at radius 3 is 2.33 bits per heavy atom. The molecule has 0 aromatic carbocycles. The smallest absolute Gasteiger partial charge is 0.00355 e. The van der Waals surface area contributed by atoms with Gasteiger partial charge >= 0.3 is 0 Å². The van der Waals surface area contributed by atoms with E-state index in [0.29, 0.717) is 11.3 Å². The van der Waals surface area contributed by atoms with Gasteiger partial charge in [0.1, 0.15) is 0 Å². The summed E-state index contributed by atoms with van der Waals surface area (Å²) in [4.78, 5) is 0. The summed E-state index contributed by atoms with van der Waals surface area (Å²) >= 11 is 1.91. The van der Waals surface area contributed by atoms with Crippen LogP contribution in [0, 0.1) is 11.3 Å². The quantitative estimate of drug-likeness (QED) is 0.473. The first-order valence-electron chi connectivity index (χ1n) is 5.75. The summed E-state index contributed by atoms with van der Waals surface area (Å²) in [6.45, 7) is 11.3. The first kappa shape index (κ1) is 14.8. The third-order valence-corrected chi connectivity index (χ3v) is 3.50. The van der Waals surface area contributed by atoms with Crippen molar-refractivity contribution in [1.82, 2.24) is 0 Å². The molecule has 0 saturated carbocycles. The second-order valence-corrected chi connectivity index (χ2v) is 6.06. The monoisotopic (exact) mass is 226 g/mol. The normalized spacial score (nSPS) is 16.0. The molecule has 1 heteroatoms. The molecule has 15 heavy (non-hydrogen) atoms. The molecule has 0 spiro atoms. The number of hydrogen-bond donors (Lipinski definition) is 0. The lowest BCUT2D eigenvalue weighted by molar-refractivity contribution is 0.304. The fourth-order valence-electron chi connectivity index (χ4n) is 1.43. The van der Waals surface area contributed by atoms with E-state index in [1.165, 1.54) is 17.7 Å². The SMILES string of the molecule is C/C=C\C(=C/CCSC)C(C)C(C)(C)C. The van der Waals surface area contributed by atoms with E-state index in [1.54, 1.807) is 0 Å². The van der Waals surface area contributed by atoms with Crippen LogP contribution in [0.2, 0.25) is 0 Å². The van der Waals surface area contributed by atoms with Crippen LogP contribution in [0.15, 0.2) is 23.8 Å². The molecule has 0 nitrogen and oxygen atoms in total. The van der Waals surface area contributed by atoms with Gasteiger partial charge in [-0.3, -0.25) is 0 Å². The molecule has 1 unspecified atom stereocenters. The molecule has 0 rings (SSSR count). The molecule has 0 aliphatic heterocycles. The summed E-state index contributed by atoms with van der Waals surface area (Å²) in [7, 11) is 0. The average molecular weight is 226 g/mol. The lowest BCUT2D eigenvalue weighted by Gasteiger charge is -2.28. The molecular formula is C14H26S. The van der Waals surface area contributed by atoms with Crippen LogP contribution in [-0.2, 0) is 0 Å². The molecule has 0 aromatic rings. The molecule has 0 fully saturated rings. The zero-order chi connectivity index (χ0) is 11.9. The molecule has 0 aliphatic rings. The molecule has 0 aromatic heterocycles. The lowest BCUT2D eigenvalue weighted by Crippen LogP contribution is -2.18. The number of thioether (sulfide) groups is 1. The summed E-state index contributed by atoms with van der Waals surface area (Å²) in [5, 5.41) is 0. The van der Waals surface area contributed by atoms with Gasteiger partial charge in [0.2, 0.25) is 0 Å². The van der Waals surface area contributed by atoms with E-state index in [-0.39, 0.29) is 0 Å². The topological polar surface area (TPSA) is 0 Å². The van der Waals surface area contributed by atoms with E-state index >= 15 is 0 Å². The largest absolute Gasteiger partial charge is 0.165 e. The van der Waals surface area contributed by atoms with Crippen LogP contribution in [0.5, 0.6) is 0 Å². The van der Waals surface area contributed by atoms with Gasteiger partial charge in [0.15, 0.2) is 0 Å². The van der Waals surface area contributed by atoms with E-state index in [1.807, 2.05) is 11.8 Å². The van der Waals surface area contributed by atoms with E-state index in [0.717, 1.165) is 0 Å². The van der Waals surface area contributed by atoms with Crippen molar-refractivity contribution < 1.29 is 0 Å². The van der Waals surface area contributed by atoms with Gasteiger partial charge in [-0.2, -0.15) is 11.8 Å². The summed E-state index contributed by atoms with van der Waals surface area (Å²) in [6.07, 6.45) is 10.1. The molecule has 1 atom stereocenters. The number of rotatable bonds is 5. The maximum atomic E-state index is 2.40. The van der Waals surface area contributed by atoms with Crippen molar-refractivity contribution in [3.63, 3.8) is 0 Å². The highest BCUT2D eigenvalue weighted by atomic mass is 32.2. The van der Waals surface area contributed by atoms with Crippen LogP contribution in [0.25, 0.3) is 0 Å². The maximum absolute atomic E-state index is 2.40. The van der Waals surface area contributed by atoms with Crippen LogP contribution in [-0.4, -0.2) is 12.0 Å². The molecule has 0 amide bonds. The van der Waals surface area contributed by atoms with E-state index < -0.39 is 0 Å². The zero-order valence-corrected chi connectivity index (χ0v) is 11.9. The molecular weight excluding hydrogens is 200 g/mol. The van der Waals surface area contributed by atoms with Crippen molar-refractivity contribution in [2.24, 2.45) is 11.3 Å². The predicted octanol–water partition coefficient (Wildman–Crippen LogP) is 4.92. The van der Waals surface area contributed by atoms with E-state index in [9.17, 15) is 0 Å². The minimum absolute atomic E-state index is 0.352. The van der Waals surface area contributed by atoms with Gasteiger partial charge in [0, 0.05) is 0 Å². The van der Waals surface area contributed by atoms with Crippen molar-refractivity contribution in [1.29, 1.82) is 0 Å². The molecule has 0 aliphatic carbocycles. The van der Waals surface area contributed by atoms with Gasteiger partial charge < -0.3 is 0 Å². The third kappa shape index (κ3) is 6.09. The molecule has 88 valence electrons. The van der Waals surface area contributed by atoms with Gasteiger partial charge in [-0.05, 0) is 42.3 Å². The van der Waals surface area contributed by atoms with E-state index in [2.05, 4.69) is 59.1 Å². The van der Waals surface area contributed by atoms with Crippen molar-refractivity contribution in [2.45, 2.75) is 41.0 Å². The molecule has 0 saturated heterocycles. The molecule has 0 heterocycles. The fourth-order valence-corrected chi connectivity index (χ4v) is 1.78. The van der Waals surface area contributed by atoms with Crippen molar-refractivity contribution in [3.8, 4) is 0 Å². The second-order valence-electron chi connectivity index (χ2n) is 5.07. The summed E-state index contributed by atoms with van der Waals surface area (Å²) in [5.41, 5.74) is 1.84. The lowest BCUT2D eigenvalue weighted by atomic mass is 9.77. The third-order valence-electron chi connectivity index (χ3n) is 2.86. The number of hydrogen-bond acceptors (Lipinski definition) is 1. The van der Waals surface area contributed by atoms with Crippen molar-refractivity contribution in [3.05, 3.63) is 23.8 Å². The van der Waals surface area contributed by atoms with Crippen LogP contribution in [0.1, 0.15) is 41.0 Å². The highest BCUT2D eigenvalue weighted by molar-refractivity contribution is 7.98. The Balaban J connectivity index is 4.58. The van der Waals surface area contributed by atoms with Gasteiger partial charge in [-0.15, -0.1) is 0 Å². The second kappa shape index (κ2) is 7.16. The number of allylic oxidation sites excluding steroid dienone is 4. The molecule has 0 N–H and O–H groups in total. The Hall–Kier alpha value is -0.170. The Morgan fingerprint density at radius 2 is 1.93 bits per heavy atom.